The minimum absolute atomic E-state index is 0.150. The van der Waals surface area contributed by atoms with Crippen LogP contribution >= 0.6 is 23.2 Å². The fourth-order valence-electron chi connectivity index (χ4n) is 1.27. The van der Waals surface area contributed by atoms with Crippen LogP contribution < -0.4 is 5.32 Å². The maximum Gasteiger partial charge on any atom is 0.306 e. The molecular weight excluding hydrogens is 277 g/mol. The van der Waals surface area contributed by atoms with Gasteiger partial charge in [0.1, 0.15) is 0 Å². The van der Waals surface area contributed by atoms with E-state index in [1.807, 2.05) is 0 Å². The van der Waals surface area contributed by atoms with Gasteiger partial charge in [-0.05, 0) is 18.1 Å². The third-order valence-electron chi connectivity index (χ3n) is 2.27. The highest BCUT2D eigenvalue weighted by atomic mass is 35.5. The number of benzene rings is 1. The molecule has 1 rings (SSSR count). The first-order valence-electron chi connectivity index (χ1n) is 5.33. The molecule has 0 aliphatic carbocycles. The highest BCUT2D eigenvalue weighted by Gasteiger charge is 2.09. The molecule has 0 unspecified atom stereocenters. The van der Waals surface area contributed by atoms with Crippen molar-refractivity contribution in [3.05, 3.63) is 33.8 Å². The number of amides is 1. The Morgan fingerprint density at radius 2 is 2.06 bits per heavy atom. The molecule has 0 aliphatic rings. The summed E-state index contributed by atoms with van der Waals surface area (Å²) in [5.41, 5.74) is 0.779. The monoisotopic (exact) mass is 289 g/mol. The first-order chi connectivity index (χ1) is 8.54. The Balaban J connectivity index is 2.43. The average Bonchev–Trinajstić information content (AvgIpc) is 2.37. The van der Waals surface area contributed by atoms with E-state index in [-0.39, 0.29) is 18.9 Å². The third kappa shape index (κ3) is 4.55. The van der Waals surface area contributed by atoms with Gasteiger partial charge in [-0.3, -0.25) is 9.59 Å². The molecule has 0 saturated heterocycles. The largest absolute Gasteiger partial charge is 0.456 e. The molecule has 1 aromatic carbocycles. The molecule has 4 nitrogen and oxygen atoms in total. The summed E-state index contributed by atoms with van der Waals surface area (Å²) in [6.07, 6.45) is 0.572. The molecule has 6 heteroatoms. The highest BCUT2D eigenvalue weighted by molar-refractivity contribution is 6.42. The van der Waals surface area contributed by atoms with Crippen LogP contribution in [0.3, 0.4) is 0 Å². The number of rotatable bonds is 5. The summed E-state index contributed by atoms with van der Waals surface area (Å²) in [4.78, 5) is 22.2. The lowest BCUT2D eigenvalue weighted by molar-refractivity contribution is -0.148. The second-order valence-corrected chi connectivity index (χ2v) is 4.33. The van der Waals surface area contributed by atoms with E-state index in [9.17, 15) is 9.59 Å². The van der Waals surface area contributed by atoms with Crippen molar-refractivity contribution >= 4 is 35.1 Å². The lowest BCUT2D eigenvalue weighted by Crippen LogP contribution is -2.25. The number of carbonyl (C=O) groups is 2. The fraction of sp³-hybridized carbons (Fsp3) is 0.333. The number of aryl methyl sites for hydroxylation is 1. The van der Waals surface area contributed by atoms with Gasteiger partial charge in [0, 0.05) is 13.5 Å². The predicted octanol–water partition coefficient (Wildman–Crippen LogP) is 2.22. The van der Waals surface area contributed by atoms with Gasteiger partial charge in [0.2, 0.25) is 0 Å². The van der Waals surface area contributed by atoms with Crippen LogP contribution in [-0.2, 0) is 20.7 Å². The standard InChI is InChI=1S/C12H13Cl2NO3/c1-15-10(16)7-18-11(17)6-5-8-3-2-4-9(13)12(8)14/h2-4H,5-7H2,1H3,(H,15,16). The Kier molecular flexibility index (Phi) is 5.95. The maximum atomic E-state index is 11.4. The zero-order chi connectivity index (χ0) is 13.5. The topological polar surface area (TPSA) is 55.4 Å². The smallest absolute Gasteiger partial charge is 0.306 e. The number of hydrogen-bond acceptors (Lipinski definition) is 3. The van der Waals surface area contributed by atoms with Crippen molar-refractivity contribution < 1.29 is 14.3 Å². The van der Waals surface area contributed by atoms with Gasteiger partial charge in [0.05, 0.1) is 10.0 Å². The summed E-state index contributed by atoms with van der Waals surface area (Å²) >= 11 is 11.8. The van der Waals surface area contributed by atoms with E-state index >= 15 is 0 Å². The Labute approximate surface area is 115 Å². The molecule has 0 radical (unpaired) electrons. The quantitative estimate of drug-likeness (QED) is 0.846. The van der Waals surface area contributed by atoms with E-state index in [2.05, 4.69) is 5.32 Å². The lowest BCUT2D eigenvalue weighted by Gasteiger charge is -2.06. The van der Waals surface area contributed by atoms with Crippen LogP contribution in [-0.4, -0.2) is 25.5 Å². The maximum absolute atomic E-state index is 11.4. The summed E-state index contributed by atoms with van der Waals surface area (Å²) in [5.74, 6) is -0.793. The zero-order valence-electron chi connectivity index (χ0n) is 9.83. The van der Waals surface area contributed by atoms with E-state index in [0.717, 1.165) is 5.56 Å². The van der Waals surface area contributed by atoms with Crippen molar-refractivity contribution in [2.45, 2.75) is 12.8 Å². The summed E-state index contributed by atoms with van der Waals surface area (Å²) in [5, 5.41) is 3.25. The van der Waals surface area contributed by atoms with Crippen LogP contribution in [0, 0.1) is 0 Å². The van der Waals surface area contributed by atoms with Gasteiger partial charge in [0.15, 0.2) is 6.61 Å². The normalized spacial score (nSPS) is 9.94. The second-order valence-electron chi connectivity index (χ2n) is 3.55. The Morgan fingerprint density at radius 3 is 2.72 bits per heavy atom. The molecule has 0 bridgehead atoms. The third-order valence-corrected chi connectivity index (χ3v) is 3.13. The van der Waals surface area contributed by atoms with Gasteiger partial charge in [-0.2, -0.15) is 0 Å². The number of ether oxygens (including phenoxy) is 1. The number of hydrogen-bond donors (Lipinski definition) is 1. The number of nitrogens with one attached hydrogen (secondary N) is 1. The van der Waals surface area contributed by atoms with Gasteiger partial charge in [-0.15, -0.1) is 0 Å². The van der Waals surface area contributed by atoms with Gasteiger partial charge in [-0.1, -0.05) is 35.3 Å². The van der Waals surface area contributed by atoms with Gasteiger partial charge in [0.25, 0.3) is 5.91 Å². The number of carbonyl (C=O) groups excluding carboxylic acids is 2. The molecule has 0 spiro atoms. The SMILES string of the molecule is CNC(=O)COC(=O)CCc1cccc(Cl)c1Cl. The minimum Gasteiger partial charge on any atom is -0.456 e. The molecule has 0 fully saturated rings. The summed E-state index contributed by atoms with van der Waals surface area (Å²) in [6.45, 7) is -0.265. The molecule has 0 heterocycles. The van der Waals surface area contributed by atoms with E-state index < -0.39 is 5.97 Å². The van der Waals surface area contributed by atoms with Crippen LogP contribution in [0.1, 0.15) is 12.0 Å². The van der Waals surface area contributed by atoms with E-state index in [4.69, 9.17) is 27.9 Å². The van der Waals surface area contributed by atoms with Crippen LogP contribution in [0.4, 0.5) is 0 Å². The van der Waals surface area contributed by atoms with Crippen molar-refractivity contribution in [3.8, 4) is 0 Å². The highest BCUT2D eigenvalue weighted by Crippen LogP contribution is 2.26. The predicted molar refractivity (Wildman–Crippen MR) is 69.8 cm³/mol. The molecule has 1 amide bonds. The van der Waals surface area contributed by atoms with Crippen molar-refractivity contribution in [3.63, 3.8) is 0 Å². The number of halogens is 2. The van der Waals surface area contributed by atoms with Crippen LogP contribution in [0.25, 0.3) is 0 Å². The second kappa shape index (κ2) is 7.24. The Morgan fingerprint density at radius 1 is 1.33 bits per heavy atom. The van der Waals surface area contributed by atoms with Crippen molar-refractivity contribution in [1.29, 1.82) is 0 Å². The summed E-state index contributed by atoms with van der Waals surface area (Å²) in [6, 6.07) is 5.23. The first kappa shape index (κ1) is 14.8. The molecular formula is C12H13Cl2NO3. The van der Waals surface area contributed by atoms with Crippen molar-refractivity contribution in [1.82, 2.24) is 5.32 Å². The lowest BCUT2D eigenvalue weighted by atomic mass is 10.1. The van der Waals surface area contributed by atoms with Crippen molar-refractivity contribution in [2.75, 3.05) is 13.7 Å². The van der Waals surface area contributed by atoms with E-state index in [1.165, 1.54) is 7.05 Å². The Hall–Kier alpha value is -1.26. The first-order valence-corrected chi connectivity index (χ1v) is 6.09. The number of likely N-dealkylation sites (N-methyl/N-ethyl adjacent to an activating group) is 1. The van der Waals surface area contributed by atoms with Crippen molar-refractivity contribution in [2.24, 2.45) is 0 Å². The average molecular weight is 290 g/mol. The van der Waals surface area contributed by atoms with Gasteiger partial charge >= 0.3 is 5.97 Å². The minimum atomic E-state index is -0.449. The summed E-state index contributed by atoms with van der Waals surface area (Å²) in [7, 11) is 1.47. The molecule has 0 aromatic heterocycles. The molecule has 1 N–H and O–H groups in total. The summed E-state index contributed by atoms with van der Waals surface area (Å²) < 4.78 is 4.76. The molecule has 0 aliphatic heterocycles. The number of esters is 1. The van der Waals surface area contributed by atoms with Gasteiger partial charge < -0.3 is 10.1 Å². The molecule has 98 valence electrons. The fourth-order valence-corrected chi connectivity index (χ4v) is 1.68. The van der Waals surface area contributed by atoms with Gasteiger partial charge in [-0.25, -0.2) is 0 Å². The Bertz CT molecular complexity index is 449. The molecule has 1 aromatic rings. The molecule has 0 atom stereocenters. The van der Waals surface area contributed by atoms with Crippen LogP contribution in [0.5, 0.6) is 0 Å². The zero-order valence-corrected chi connectivity index (χ0v) is 11.3. The van der Waals surface area contributed by atoms with E-state index in [0.29, 0.717) is 16.5 Å². The van der Waals surface area contributed by atoms with Crippen LogP contribution in [0.2, 0.25) is 10.0 Å². The molecule has 18 heavy (non-hydrogen) atoms. The van der Waals surface area contributed by atoms with Crippen LogP contribution in [0.15, 0.2) is 18.2 Å². The van der Waals surface area contributed by atoms with E-state index in [1.54, 1.807) is 18.2 Å². The molecule has 0 saturated carbocycles.